The molecule has 0 fully saturated rings. The first-order chi connectivity index (χ1) is 8.32. The third-order valence-electron chi connectivity index (χ3n) is 2.18. The van der Waals surface area contributed by atoms with Gasteiger partial charge in [0.05, 0.1) is 4.92 Å². The van der Waals surface area contributed by atoms with Crippen molar-refractivity contribution < 1.29 is 18.9 Å². The summed E-state index contributed by atoms with van der Waals surface area (Å²) >= 11 is 0. The maximum Gasteiger partial charge on any atom is 0.305 e. The van der Waals surface area contributed by atoms with Gasteiger partial charge in [0, 0.05) is 11.6 Å². The van der Waals surface area contributed by atoms with Crippen molar-refractivity contribution in [2.75, 3.05) is 0 Å². The Morgan fingerprint density at radius 3 is 2.61 bits per heavy atom. The molecule has 2 amide bonds. The Hall–Kier alpha value is -2.51. The van der Waals surface area contributed by atoms with Gasteiger partial charge < -0.3 is 11.1 Å². The Morgan fingerprint density at radius 2 is 2.11 bits per heavy atom. The molecular formula is C10H10FN3O4. The van der Waals surface area contributed by atoms with E-state index in [1.54, 1.807) is 0 Å². The molecule has 1 atom stereocenters. The number of nitro groups is 1. The highest BCUT2D eigenvalue weighted by atomic mass is 19.1. The summed E-state index contributed by atoms with van der Waals surface area (Å²) in [5.74, 6) is -2.54. The van der Waals surface area contributed by atoms with E-state index in [4.69, 9.17) is 5.73 Å². The summed E-state index contributed by atoms with van der Waals surface area (Å²) in [6, 6.07) is 1.74. The van der Waals surface area contributed by atoms with E-state index in [0.29, 0.717) is 0 Å². The predicted octanol–water partition coefficient (Wildman–Crippen LogP) is 0.338. The van der Waals surface area contributed by atoms with E-state index >= 15 is 0 Å². The van der Waals surface area contributed by atoms with Crippen LogP contribution in [0.4, 0.5) is 10.1 Å². The van der Waals surface area contributed by atoms with Gasteiger partial charge in [0.1, 0.15) is 6.04 Å². The molecule has 0 radical (unpaired) electrons. The molecular weight excluding hydrogens is 245 g/mol. The highest BCUT2D eigenvalue weighted by molar-refractivity contribution is 5.97. The monoisotopic (exact) mass is 255 g/mol. The molecule has 1 unspecified atom stereocenters. The number of halogens is 1. The molecule has 0 aliphatic carbocycles. The van der Waals surface area contributed by atoms with E-state index in [1.807, 2.05) is 0 Å². The lowest BCUT2D eigenvalue weighted by Crippen LogP contribution is -2.42. The molecule has 96 valence electrons. The molecule has 18 heavy (non-hydrogen) atoms. The maximum absolute atomic E-state index is 13.0. The summed E-state index contributed by atoms with van der Waals surface area (Å²) in [5.41, 5.74) is 4.00. The van der Waals surface area contributed by atoms with Crippen LogP contribution in [-0.2, 0) is 4.79 Å². The molecule has 0 spiro atoms. The van der Waals surface area contributed by atoms with Crippen LogP contribution >= 0.6 is 0 Å². The Kier molecular flexibility index (Phi) is 3.93. The lowest BCUT2D eigenvalue weighted by molar-refractivity contribution is -0.387. The molecule has 1 rings (SSSR count). The standard InChI is InChI=1S/C10H10FN3O4/c1-5(9(12)15)13-10(16)6-2-3-7(11)8(4-6)14(17)18/h2-5H,1H3,(H2,12,15)(H,13,16). The molecule has 0 heterocycles. The Morgan fingerprint density at radius 1 is 1.50 bits per heavy atom. The minimum absolute atomic E-state index is 0.129. The number of nitrogens with one attached hydrogen (secondary N) is 1. The van der Waals surface area contributed by atoms with Gasteiger partial charge in [-0.05, 0) is 19.1 Å². The third-order valence-corrected chi connectivity index (χ3v) is 2.18. The second kappa shape index (κ2) is 5.21. The fourth-order valence-electron chi connectivity index (χ4n) is 1.14. The second-order valence-electron chi connectivity index (χ2n) is 3.52. The van der Waals surface area contributed by atoms with Gasteiger partial charge in [-0.15, -0.1) is 0 Å². The smallest absolute Gasteiger partial charge is 0.305 e. The van der Waals surface area contributed by atoms with Crippen molar-refractivity contribution in [3.05, 3.63) is 39.7 Å². The van der Waals surface area contributed by atoms with Crippen LogP contribution in [0.25, 0.3) is 0 Å². The van der Waals surface area contributed by atoms with Crippen molar-refractivity contribution in [2.24, 2.45) is 5.73 Å². The van der Waals surface area contributed by atoms with Gasteiger partial charge in [0.25, 0.3) is 5.91 Å². The van der Waals surface area contributed by atoms with Crippen LogP contribution in [0.2, 0.25) is 0 Å². The fraction of sp³-hybridized carbons (Fsp3) is 0.200. The van der Waals surface area contributed by atoms with Crippen LogP contribution in [0.5, 0.6) is 0 Å². The fourth-order valence-corrected chi connectivity index (χ4v) is 1.14. The number of amides is 2. The van der Waals surface area contributed by atoms with Gasteiger partial charge >= 0.3 is 5.69 Å². The summed E-state index contributed by atoms with van der Waals surface area (Å²) in [7, 11) is 0. The lowest BCUT2D eigenvalue weighted by Gasteiger charge is -2.09. The highest BCUT2D eigenvalue weighted by Crippen LogP contribution is 2.18. The van der Waals surface area contributed by atoms with Crippen LogP contribution in [0.3, 0.4) is 0 Å². The van der Waals surface area contributed by atoms with Crippen LogP contribution in [-0.4, -0.2) is 22.8 Å². The summed E-state index contributed by atoms with van der Waals surface area (Å²) in [4.78, 5) is 31.9. The third kappa shape index (κ3) is 3.00. The first kappa shape index (κ1) is 13.6. The summed E-state index contributed by atoms with van der Waals surface area (Å²) < 4.78 is 13.0. The number of nitro benzene ring substituents is 1. The summed E-state index contributed by atoms with van der Waals surface area (Å²) in [6.07, 6.45) is 0. The van der Waals surface area contributed by atoms with Crippen molar-refractivity contribution in [1.82, 2.24) is 5.32 Å². The summed E-state index contributed by atoms with van der Waals surface area (Å²) in [5, 5.41) is 12.7. The van der Waals surface area contributed by atoms with E-state index in [2.05, 4.69) is 5.32 Å². The molecule has 1 aromatic rings. The van der Waals surface area contributed by atoms with E-state index in [1.165, 1.54) is 6.92 Å². The minimum Gasteiger partial charge on any atom is -0.368 e. The number of benzene rings is 1. The van der Waals surface area contributed by atoms with Crippen LogP contribution in [0, 0.1) is 15.9 Å². The number of rotatable bonds is 4. The second-order valence-corrected chi connectivity index (χ2v) is 3.52. The zero-order chi connectivity index (χ0) is 13.9. The average Bonchev–Trinajstić information content (AvgIpc) is 2.28. The maximum atomic E-state index is 13.0. The van der Waals surface area contributed by atoms with Gasteiger partial charge in [0.15, 0.2) is 0 Å². The van der Waals surface area contributed by atoms with E-state index in [-0.39, 0.29) is 5.56 Å². The van der Waals surface area contributed by atoms with Gasteiger partial charge in [-0.1, -0.05) is 0 Å². The quantitative estimate of drug-likeness (QED) is 0.596. The van der Waals surface area contributed by atoms with Gasteiger partial charge in [-0.3, -0.25) is 19.7 Å². The summed E-state index contributed by atoms with van der Waals surface area (Å²) in [6.45, 7) is 1.36. The first-order valence-electron chi connectivity index (χ1n) is 4.87. The lowest BCUT2D eigenvalue weighted by atomic mass is 10.1. The number of carbonyl (C=O) groups excluding carboxylic acids is 2. The number of nitrogens with two attached hydrogens (primary N) is 1. The Balaban J connectivity index is 2.97. The molecule has 0 saturated carbocycles. The van der Waals surface area contributed by atoms with Gasteiger partial charge in [-0.25, -0.2) is 0 Å². The molecule has 1 aromatic carbocycles. The number of hydrogen-bond acceptors (Lipinski definition) is 4. The van der Waals surface area contributed by atoms with Crippen molar-refractivity contribution >= 4 is 17.5 Å². The first-order valence-corrected chi connectivity index (χ1v) is 4.87. The van der Waals surface area contributed by atoms with E-state index < -0.39 is 34.3 Å². The van der Waals surface area contributed by atoms with Crippen molar-refractivity contribution in [2.45, 2.75) is 13.0 Å². The van der Waals surface area contributed by atoms with E-state index in [0.717, 1.165) is 18.2 Å². The Bertz CT molecular complexity index is 518. The molecule has 0 bridgehead atoms. The molecule has 8 heteroatoms. The molecule has 0 aromatic heterocycles. The molecule has 3 N–H and O–H groups in total. The number of primary amides is 1. The average molecular weight is 255 g/mol. The minimum atomic E-state index is -1.04. The topological polar surface area (TPSA) is 115 Å². The van der Waals surface area contributed by atoms with Crippen molar-refractivity contribution in [1.29, 1.82) is 0 Å². The highest BCUT2D eigenvalue weighted by Gasteiger charge is 2.19. The molecule has 0 aliphatic rings. The zero-order valence-electron chi connectivity index (χ0n) is 9.34. The van der Waals surface area contributed by atoms with Gasteiger partial charge in [0.2, 0.25) is 11.7 Å². The van der Waals surface area contributed by atoms with Crippen molar-refractivity contribution in [3.63, 3.8) is 0 Å². The number of carbonyl (C=O) groups is 2. The number of hydrogen-bond donors (Lipinski definition) is 2. The molecule has 0 saturated heterocycles. The van der Waals surface area contributed by atoms with Crippen LogP contribution in [0.1, 0.15) is 17.3 Å². The SMILES string of the molecule is CC(NC(=O)c1ccc(F)c([N+](=O)[O-])c1)C(N)=O. The number of nitrogens with zero attached hydrogens (tertiary/aromatic N) is 1. The zero-order valence-corrected chi connectivity index (χ0v) is 9.34. The van der Waals surface area contributed by atoms with Crippen molar-refractivity contribution in [3.8, 4) is 0 Å². The Labute approximate surface area is 101 Å². The normalized spacial score (nSPS) is 11.7. The van der Waals surface area contributed by atoms with Crippen LogP contribution in [0.15, 0.2) is 18.2 Å². The van der Waals surface area contributed by atoms with Crippen LogP contribution < -0.4 is 11.1 Å². The molecule has 0 aliphatic heterocycles. The predicted molar refractivity (Wildman–Crippen MR) is 59.2 cm³/mol. The van der Waals surface area contributed by atoms with Gasteiger partial charge in [-0.2, -0.15) is 4.39 Å². The van der Waals surface area contributed by atoms with E-state index in [9.17, 15) is 24.1 Å². The largest absolute Gasteiger partial charge is 0.368 e. The molecule has 7 nitrogen and oxygen atoms in total.